The lowest BCUT2D eigenvalue weighted by molar-refractivity contribution is 0.644. The van der Waals surface area contributed by atoms with Gasteiger partial charge in [0.15, 0.2) is 0 Å². The molecule has 0 aliphatic rings. The highest BCUT2D eigenvalue weighted by molar-refractivity contribution is 9.10. The maximum atomic E-state index is 8.74. The Morgan fingerprint density at radius 3 is 2.72 bits per heavy atom. The van der Waals surface area contributed by atoms with Crippen LogP contribution in [0, 0.1) is 11.3 Å². The molecule has 18 heavy (non-hydrogen) atoms. The summed E-state index contributed by atoms with van der Waals surface area (Å²) in [6, 6.07) is 10.5. The quantitative estimate of drug-likeness (QED) is 0.648. The summed E-state index contributed by atoms with van der Waals surface area (Å²) in [6.07, 6.45) is 5.61. The predicted molar refractivity (Wildman–Crippen MR) is 80.7 cm³/mol. The summed E-state index contributed by atoms with van der Waals surface area (Å²) >= 11 is 3.50. The van der Waals surface area contributed by atoms with Crippen molar-refractivity contribution in [1.29, 1.82) is 5.26 Å². The molecule has 0 heterocycles. The van der Waals surface area contributed by atoms with Gasteiger partial charge in [0.25, 0.3) is 0 Å². The van der Waals surface area contributed by atoms with Crippen molar-refractivity contribution < 1.29 is 0 Å². The fourth-order valence-electron chi connectivity index (χ4n) is 1.96. The number of nitriles is 1. The molecule has 3 heteroatoms. The average molecular weight is 309 g/mol. The summed E-state index contributed by atoms with van der Waals surface area (Å²) in [7, 11) is 0. The van der Waals surface area contributed by atoms with Gasteiger partial charge in [0.1, 0.15) is 0 Å². The van der Waals surface area contributed by atoms with Crippen LogP contribution in [0.1, 0.15) is 39.0 Å². The molecule has 0 aromatic heterocycles. The van der Waals surface area contributed by atoms with Gasteiger partial charge in [-0.25, -0.2) is 0 Å². The van der Waals surface area contributed by atoms with Gasteiger partial charge in [-0.3, -0.25) is 0 Å². The summed E-state index contributed by atoms with van der Waals surface area (Å²) in [6.45, 7) is 4.08. The number of anilines is 1. The summed E-state index contributed by atoms with van der Waals surface area (Å²) in [5, 5.41) is 8.74. The lowest BCUT2D eigenvalue weighted by atomic mass is 10.2. The number of unbranched alkanes of at least 4 members (excludes halogenated alkanes) is 3. The van der Waals surface area contributed by atoms with Crippen LogP contribution in [-0.4, -0.2) is 13.1 Å². The van der Waals surface area contributed by atoms with Crippen LogP contribution in [0.15, 0.2) is 28.7 Å². The first-order valence-corrected chi connectivity index (χ1v) is 7.44. The highest BCUT2D eigenvalue weighted by Gasteiger charge is 2.06. The van der Waals surface area contributed by atoms with Gasteiger partial charge in [-0.1, -0.05) is 48.2 Å². The zero-order valence-electron chi connectivity index (χ0n) is 11.0. The molecular weight excluding hydrogens is 288 g/mol. The second kappa shape index (κ2) is 8.99. The van der Waals surface area contributed by atoms with Crippen molar-refractivity contribution >= 4 is 21.6 Å². The number of rotatable bonds is 8. The molecule has 1 aromatic carbocycles. The van der Waals surface area contributed by atoms with Crippen molar-refractivity contribution in [2.75, 3.05) is 18.0 Å². The topological polar surface area (TPSA) is 27.0 Å². The molecular formula is C15H21BrN2. The van der Waals surface area contributed by atoms with E-state index in [2.05, 4.69) is 46.0 Å². The van der Waals surface area contributed by atoms with Crippen molar-refractivity contribution in [2.24, 2.45) is 0 Å². The zero-order chi connectivity index (χ0) is 13.2. The summed E-state index contributed by atoms with van der Waals surface area (Å²) in [4.78, 5) is 2.31. The van der Waals surface area contributed by atoms with Crippen LogP contribution in [0.4, 0.5) is 5.69 Å². The lowest BCUT2D eigenvalue weighted by Gasteiger charge is -2.24. The average Bonchev–Trinajstić information content (AvgIpc) is 2.38. The van der Waals surface area contributed by atoms with Gasteiger partial charge in [-0.2, -0.15) is 5.26 Å². The van der Waals surface area contributed by atoms with E-state index in [0.717, 1.165) is 17.6 Å². The largest absolute Gasteiger partial charge is 0.370 e. The molecule has 0 aliphatic carbocycles. The smallest absolute Gasteiger partial charge is 0.0640 e. The number of hydrogen-bond donors (Lipinski definition) is 0. The van der Waals surface area contributed by atoms with E-state index in [-0.39, 0.29) is 0 Å². The molecule has 0 aliphatic heterocycles. The predicted octanol–water partition coefficient (Wildman–Crippen LogP) is 4.75. The molecule has 0 saturated heterocycles. The molecule has 1 rings (SSSR count). The monoisotopic (exact) mass is 308 g/mol. The molecule has 1 aromatic rings. The zero-order valence-corrected chi connectivity index (χ0v) is 12.6. The minimum atomic E-state index is 0.584. The van der Waals surface area contributed by atoms with Crippen LogP contribution in [0.5, 0.6) is 0 Å². The van der Waals surface area contributed by atoms with Gasteiger partial charge in [0.05, 0.1) is 12.5 Å². The second-order valence-corrected chi connectivity index (χ2v) is 5.35. The van der Waals surface area contributed by atoms with Crippen LogP contribution >= 0.6 is 15.9 Å². The van der Waals surface area contributed by atoms with Gasteiger partial charge in [-0.15, -0.1) is 0 Å². The Kier molecular flexibility index (Phi) is 7.52. The summed E-state index contributed by atoms with van der Waals surface area (Å²) in [5.74, 6) is 0. The lowest BCUT2D eigenvalue weighted by Crippen LogP contribution is -2.25. The second-order valence-electron chi connectivity index (χ2n) is 4.44. The number of hydrogen-bond acceptors (Lipinski definition) is 2. The van der Waals surface area contributed by atoms with E-state index in [1.54, 1.807) is 0 Å². The van der Waals surface area contributed by atoms with E-state index in [9.17, 15) is 0 Å². The van der Waals surface area contributed by atoms with E-state index >= 15 is 0 Å². The molecule has 0 fully saturated rings. The van der Waals surface area contributed by atoms with Crippen LogP contribution in [0.25, 0.3) is 0 Å². The maximum Gasteiger partial charge on any atom is 0.0640 e. The summed E-state index contributed by atoms with van der Waals surface area (Å²) in [5.41, 5.74) is 1.20. The third-order valence-electron chi connectivity index (χ3n) is 2.95. The maximum absolute atomic E-state index is 8.74. The SMILES string of the molecule is CCCCCCN(CCC#N)c1cccc(Br)c1. The Balaban J connectivity index is 2.57. The minimum absolute atomic E-state index is 0.584. The first-order chi connectivity index (χ1) is 8.77. The van der Waals surface area contributed by atoms with Gasteiger partial charge in [-0.05, 0) is 24.6 Å². The standard InChI is InChI=1S/C15H21BrN2/c1-2-3-4-5-11-18(12-7-10-17)15-9-6-8-14(16)13-15/h6,8-9,13H,2-5,7,11-12H2,1H3. The highest BCUT2D eigenvalue weighted by atomic mass is 79.9. The van der Waals surface area contributed by atoms with E-state index in [4.69, 9.17) is 5.26 Å². The normalized spacial score (nSPS) is 10.1. The third kappa shape index (κ3) is 5.55. The molecule has 0 amide bonds. The molecule has 0 bridgehead atoms. The van der Waals surface area contributed by atoms with Gasteiger partial charge >= 0.3 is 0 Å². The van der Waals surface area contributed by atoms with E-state index in [0.29, 0.717) is 6.42 Å². The Morgan fingerprint density at radius 2 is 2.06 bits per heavy atom. The van der Waals surface area contributed by atoms with Gasteiger partial charge < -0.3 is 4.90 Å². The third-order valence-corrected chi connectivity index (χ3v) is 3.44. The first kappa shape index (κ1) is 15.0. The van der Waals surface area contributed by atoms with Crippen LogP contribution < -0.4 is 4.90 Å². The van der Waals surface area contributed by atoms with Crippen molar-refractivity contribution in [1.82, 2.24) is 0 Å². The van der Waals surface area contributed by atoms with Crippen molar-refractivity contribution in [3.8, 4) is 6.07 Å². The molecule has 0 unspecified atom stereocenters. The molecule has 0 N–H and O–H groups in total. The molecule has 0 radical (unpaired) electrons. The van der Waals surface area contributed by atoms with Crippen LogP contribution in [-0.2, 0) is 0 Å². The van der Waals surface area contributed by atoms with Crippen LogP contribution in [0.2, 0.25) is 0 Å². The van der Waals surface area contributed by atoms with Crippen molar-refractivity contribution in [2.45, 2.75) is 39.0 Å². The molecule has 0 atom stereocenters. The number of halogens is 1. The van der Waals surface area contributed by atoms with E-state index in [1.807, 2.05) is 12.1 Å². The molecule has 0 spiro atoms. The number of benzene rings is 1. The summed E-state index contributed by atoms with van der Waals surface area (Å²) < 4.78 is 1.09. The fourth-order valence-corrected chi connectivity index (χ4v) is 2.34. The molecule has 2 nitrogen and oxygen atoms in total. The number of nitrogens with zero attached hydrogens (tertiary/aromatic N) is 2. The Labute approximate surface area is 119 Å². The Morgan fingerprint density at radius 1 is 1.22 bits per heavy atom. The van der Waals surface area contributed by atoms with Gasteiger partial charge in [0.2, 0.25) is 0 Å². The van der Waals surface area contributed by atoms with Gasteiger partial charge in [0, 0.05) is 23.2 Å². The minimum Gasteiger partial charge on any atom is -0.370 e. The van der Waals surface area contributed by atoms with E-state index < -0.39 is 0 Å². The van der Waals surface area contributed by atoms with Crippen LogP contribution in [0.3, 0.4) is 0 Å². The van der Waals surface area contributed by atoms with Crippen molar-refractivity contribution in [3.05, 3.63) is 28.7 Å². The molecule has 0 saturated carbocycles. The fraction of sp³-hybridized carbons (Fsp3) is 0.533. The first-order valence-electron chi connectivity index (χ1n) is 6.65. The Bertz CT molecular complexity index is 384. The van der Waals surface area contributed by atoms with Crippen molar-refractivity contribution in [3.63, 3.8) is 0 Å². The highest BCUT2D eigenvalue weighted by Crippen LogP contribution is 2.20. The molecule has 98 valence electrons. The van der Waals surface area contributed by atoms with E-state index in [1.165, 1.54) is 31.4 Å². The Hall–Kier alpha value is -1.01.